The second-order valence-electron chi connectivity index (χ2n) is 3.88. The zero-order chi connectivity index (χ0) is 14.6. The van der Waals surface area contributed by atoms with Crippen molar-refractivity contribution in [1.29, 1.82) is 0 Å². The lowest BCUT2D eigenvalue weighted by Gasteiger charge is -2.17. The molecule has 5 nitrogen and oxygen atoms in total. The minimum Gasteiger partial charge on any atom is -0.480 e. The van der Waals surface area contributed by atoms with Gasteiger partial charge in [-0.1, -0.05) is 29.3 Å². The number of carbonyl (C=O) groups excluding carboxylic acids is 1. The number of amides is 1. The molecule has 0 bridgehead atoms. The van der Waals surface area contributed by atoms with Crippen LogP contribution >= 0.6 is 23.2 Å². The Morgan fingerprint density at radius 1 is 1.32 bits per heavy atom. The van der Waals surface area contributed by atoms with Gasteiger partial charge in [-0.25, -0.2) is 0 Å². The van der Waals surface area contributed by atoms with Gasteiger partial charge in [-0.15, -0.1) is 0 Å². The van der Waals surface area contributed by atoms with Crippen LogP contribution in [0.3, 0.4) is 0 Å². The van der Waals surface area contributed by atoms with Crippen LogP contribution in [0, 0.1) is 0 Å². The summed E-state index contributed by atoms with van der Waals surface area (Å²) in [6.45, 7) is 2.85. The van der Waals surface area contributed by atoms with Gasteiger partial charge < -0.3 is 15.2 Å². The third kappa shape index (κ3) is 4.29. The second-order valence-corrected chi connectivity index (χ2v) is 4.67. The number of benzene rings is 1. The zero-order valence-electron chi connectivity index (χ0n) is 10.3. The lowest BCUT2D eigenvalue weighted by Crippen LogP contribution is -2.44. The van der Waals surface area contributed by atoms with Gasteiger partial charge in [-0.3, -0.25) is 9.59 Å². The molecule has 7 heteroatoms. The Morgan fingerprint density at radius 3 is 2.53 bits per heavy atom. The van der Waals surface area contributed by atoms with Crippen molar-refractivity contribution in [2.24, 2.45) is 0 Å². The third-order valence-electron chi connectivity index (χ3n) is 2.32. The first-order valence-corrected chi connectivity index (χ1v) is 6.22. The van der Waals surface area contributed by atoms with Gasteiger partial charge in [0.15, 0.2) is 6.10 Å². The Bertz CT molecular complexity index is 493. The summed E-state index contributed by atoms with van der Waals surface area (Å²) in [6.07, 6.45) is -0.891. The van der Waals surface area contributed by atoms with Crippen LogP contribution < -0.4 is 10.1 Å². The number of hydrogen-bond donors (Lipinski definition) is 2. The lowest BCUT2D eigenvalue weighted by atomic mass is 10.3. The highest BCUT2D eigenvalue weighted by Crippen LogP contribution is 2.32. The Balaban J connectivity index is 2.69. The van der Waals surface area contributed by atoms with Gasteiger partial charge in [0.25, 0.3) is 5.91 Å². The van der Waals surface area contributed by atoms with Gasteiger partial charge in [0.2, 0.25) is 0 Å². The number of nitrogens with one attached hydrogen (secondary N) is 1. The largest absolute Gasteiger partial charge is 0.480 e. The van der Waals surface area contributed by atoms with Crippen LogP contribution in [0.15, 0.2) is 18.2 Å². The topological polar surface area (TPSA) is 75.6 Å². The van der Waals surface area contributed by atoms with E-state index in [1.807, 2.05) is 0 Å². The van der Waals surface area contributed by atoms with E-state index < -0.39 is 24.0 Å². The maximum atomic E-state index is 11.7. The van der Waals surface area contributed by atoms with E-state index in [2.05, 4.69) is 5.32 Å². The van der Waals surface area contributed by atoms with Crippen molar-refractivity contribution >= 4 is 35.1 Å². The van der Waals surface area contributed by atoms with Crippen LogP contribution in [-0.4, -0.2) is 29.1 Å². The molecular formula is C12H13Cl2NO4. The number of rotatable bonds is 5. The van der Waals surface area contributed by atoms with E-state index >= 15 is 0 Å². The summed E-state index contributed by atoms with van der Waals surface area (Å²) in [5, 5.41) is 11.5. The molecule has 0 spiro atoms. The Hall–Kier alpha value is -1.46. The molecule has 2 atom stereocenters. The maximum absolute atomic E-state index is 11.7. The fourth-order valence-electron chi connectivity index (χ4n) is 1.21. The highest BCUT2D eigenvalue weighted by molar-refractivity contribution is 6.42. The minimum absolute atomic E-state index is 0.204. The van der Waals surface area contributed by atoms with E-state index in [1.54, 1.807) is 18.2 Å². The van der Waals surface area contributed by atoms with Crippen molar-refractivity contribution in [3.63, 3.8) is 0 Å². The molecule has 0 aliphatic heterocycles. The van der Waals surface area contributed by atoms with Gasteiger partial charge in [0.1, 0.15) is 16.8 Å². The summed E-state index contributed by atoms with van der Waals surface area (Å²) in [4.78, 5) is 22.3. The standard InChI is InChI=1S/C12H13Cl2NO4/c1-6(12(17)18)15-11(16)7(2)19-9-5-3-4-8(13)10(9)14/h3-7H,1-2H3,(H,15,16)(H,17,18)/t6-,7?/m1/s1. The number of ether oxygens (including phenoxy) is 1. The van der Waals surface area contributed by atoms with Gasteiger partial charge in [-0.2, -0.15) is 0 Å². The second kappa shape index (κ2) is 6.63. The summed E-state index contributed by atoms with van der Waals surface area (Å²) in [6, 6.07) is 3.80. The fourth-order valence-corrected chi connectivity index (χ4v) is 1.55. The first-order chi connectivity index (χ1) is 8.82. The van der Waals surface area contributed by atoms with Crippen molar-refractivity contribution in [3.05, 3.63) is 28.2 Å². The van der Waals surface area contributed by atoms with Crippen LogP contribution in [0.25, 0.3) is 0 Å². The van der Waals surface area contributed by atoms with Gasteiger partial charge in [-0.05, 0) is 26.0 Å². The lowest BCUT2D eigenvalue weighted by molar-refractivity contribution is -0.142. The van der Waals surface area contributed by atoms with Gasteiger partial charge >= 0.3 is 5.97 Å². The molecule has 1 rings (SSSR count). The van der Waals surface area contributed by atoms with Crippen LogP contribution in [0.4, 0.5) is 0 Å². The normalized spacial score (nSPS) is 13.5. The molecule has 0 radical (unpaired) electrons. The molecule has 1 unspecified atom stereocenters. The number of carboxylic acid groups (broad SMARTS) is 1. The highest BCUT2D eigenvalue weighted by atomic mass is 35.5. The summed E-state index contributed by atoms with van der Waals surface area (Å²) >= 11 is 11.7. The van der Waals surface area contributed by atoms with Crippen molar-refractivity contribution in [1.82, 2.24) is 5.32 Å². The van der Waals surface area contributed by atoms with Crippen LogP contribution in [0.2, 0.25) is 10.0 Å². The average molecular weight is 306 g/mol. The van der Waals surface area contributed by atoms with E-state index in [0.717, 1.165) is 0 Å². The molecule has 1 amide bonds. The Kier molecular flexibility index (Phi) is 5.44. The molecule has 19 heavy (non-hydrogen) atoms. The van der Waals surface area contributed by atoms with Crippen LogP contribution in [0.1, 0.15) is 13.8 Å². The molecule has 0 heterocycles. The van der Waals surface area contributed by atoms with E-state index in [-0.39, 0.29) is 10.8 Å². The third-order valence-corrected chi connectivity index (χ3v) is 3.12. The number of carboxylic acids is 1. The number of halogens is 2. The van der Waals surface area contributed by atoms with Crippen LogP contribution in [-0.2, 0) is 9.59 Å². The summed E-state index contributed by atoms with van der Waals surface area (Å²) in [5.41, 5.74) is 0. The molecule has 0 aromatic heterocycles. The van der Waals surface area contributed by atoms with Gasteiger partial charge in [0.05, 0.1) is 5.02 Å². The van der Waals surface area contributed by atoms with Gasteiger partial charge in [0, 0.05) is 0 Å². The zero-order valence-corrected chi connectivity index (χ0v) is 11.8. The quantitative estimate of drug-likeness (QED) is 0.875. The molecule has 1 aromatic carbocycles. The van der Waals surface area contributed by atoms with Crippen LogP contribution in [0.5, 0.6) is 5.75 Å². The molecule has 104 valence electrons. The molecule has 0 saturated heterocycles. The van der Waals surface area contributed by atoms with Crippen molar-refractivity contribution in [2.45, 2.75) is 26.0 Å². The Labute approximate surface area is 120 Å². The molecule has 0 aliphatic carbocycles. The molecule has 1 aromatic rings. The van der Waals surface area contributed by atoms with E-state index in [9.17, 15) is 9.59 Å². The fraction of sp³-hybridized carbons (Fsp3) is 0.333. The number of aliphatic carboxylic acids is 1. The predicted molar refractivity (Wildman–Crippen MR) is 71.8 cm³/mol. The first-order valence-electron chi connectivity index (χ1n) is 5.46. The number of carbonyl (C=O) groups is 2. The molecule has 2 N–H and O–H groups in total. The molecule has 0 aliphatic rings. The SMILES string of the molecule is CC(Oc1cccc(Cl)c1Cl)C(=O)N[C@H](C)C(=O)O. The average Bonchev–Trinajstić information content (AvgIpc) is 2.34. The Morgan fingerprint density at radius 2 is 1.95 bits per heavy atom. The smallest absolute Gasteiger partial charge is 0.325 e. The monoisotopic (exact) mass is 305 g/mol. The summed E-state index contributed by atoms with van der Waals surface area (Å²) in [5.74, 6) is -1.41. The van der Waals surface area contributed by atoms with Crippen molar-refractivity contribution < 1.29 is 19.4 Å². The van der Waals surface area contributed by atoms with E-state index in [4.69, 9.17) is 33.0 Å². The van der Waals surface area contributed by atoms with E-state index in [0.29, 0.717) is 5.02 Å². The first kappa shape index (κ1) is 15.6. The minimum atomic E-state index is -1.12. The molecule has 0 fully saturated rings. The molecular weight excluding hydrogens is 293 g/mol. The number of hydrogen-bond acceptors (Lipinski definition) is 3. The summed E-state index contributed by atoms with van der Waals surface area (Å²) < 4.78 is 5.35. The highest BCUT2D eigenvalue weighted by Gasteiger charge is 2.21. The summed E-state index contributed by atoms with van der Waals surface area (Å²) in [7, 11) is 0. The van der Waals surface area contributed by atoms with E-state index in [1.165, 1.54) is 13.8 Å². The maximum Gasteiger partial charge on any atom is 0.325 e. The van der Waals surface area contributed by atoms with Crippen molar-refractivity contribution in [3.8, 4) is 5.75 Å². The van der Waals surface area contributed by atoms with Crippen molar-refractivity contribution in [2.75, 3.05) is 0 Å². The predicted octanol–water partition coefficient (Wildman–Crippen LogP) is 2.35. The molecule has 0 saturated carbocycles.